The van der Waals surface area contributed by atoms with Gasteiger partial charge in [0.25, 0.3) is 0 Å². The molecule has 2 N–H and O–H groups in total. The predicted molar refractivity (Wildman–Crippen MR) is 120 cm³/mol. The Kier molecular flexibility index (Phi) is 13.0. The number of nitrogens with zero attached hydrogens (tertiary/aromatic N) is 3. The molecule has 0 saturated heterocycles. The fourth-order valence-corrected chi connectivity index (χ4v) is 2.58. The summed E-state index contributed by atoms with van der Waals surface area (Å²) in [5.74, 6) is -8.71. The van der Waals surface area contributed by atoms with Gasteiger partial charge in [0.05, 0.1) is 16.7 Å². The molecule has 0 radical (unpaired) electrons. The molecule has 0 spiro atoms. The number of hydrogen-bond donors (Lipinski definition) is 2. The monoisotopic (exact) mass is 545 g/mol. The quantitative estimate of drug-likeness (QED) is 0.238. The maximum atomic E-state index is 12.5. The number of ether oxygens (including phenoxy) is 2. The Bertz CT molecular complexity index is 1260. The van der Waals surface area contributed by atoms with Gasteiger partial charge in [0.2, 0.25) is 0 Å². The summed E-state index contributed by atoms with van der Waals surface area (Å²) in [6.45, 7) is 0. The second kappa shape index (κ2) is 14.6. The molecule has 0 aliphatic heterocycles. The van der Waals surface area contributed by atoms with E-state index >= 15 is 0 Å². The van der Waals surface area contributed by atoms with Crippen molar-refractivity contribution in [2.24, 2.45) is 0 Å². The molecule has 174 valence electrons. The zero-order valence-corrected chi connectivity index (χ0v) is 16.7. The van der Waals surface area contributed by atoms with Crippen molar-refractivity contribution in [3.8, 4) is 0 Å². The summed E-state index contributed by atoms with van der Waals surface area (Å²) in [6, 6.07) is 6.88. The van der Waals surface area contributed by atoms with Gasteiger partial charge in [-0.05, 0) is 36.4 Å². The Morgan fingerprint density at radius 3 is 1.19 bits per heavy atom. The molecule has 0 aromatic carbocycles. The van der Waals surface area contributed by atoms with Crippen LogP contribution in [-0.2, 0) is 9.47 Å². The maximum absolute atomic E-state index is 12.5. The van der Waals surface area contributed by atoms with Crippen molar-refractivity contribution >= 4 is 139 Å². The first-order valence-electron chi connectivity index (χ1n) is 9.05. The molecule has 0 atom stereocenters. The van der Waals surface area contributed by atoms with E-state index < -0.39 is 69.6 Å². The molecular weight excluding hydrogens is 532 g/mol. The van der Waals surface area contributed by atoms with E-state index in [1.807, 2.05) is 0 Å². The van der Waals surface area contributed by atoms with Crippen LogP contribution in [0.3, 0.4) is 0 Å². The number of esters is 4. The van der Waals surface area contributed by atoms with E-state index in [2.05, 4.69) is 24.4 Å². The summed E-state index contributed by atoms with van der Waals surface area (Å²) >= 11 is 0. The third-order valence-corrected chi connectivity index (χ3v) is 4.05. The molecule has 36 heavy (non-hydrogen) atoms. The van der Waals surface area contributed by atoms with Crippen molar-refractivity contribution in [1.82, 2.24) is 15.0 Å². The van der Waals surface area contributed by atoms with E-state index in [1.165, 1.54) is 18.2 Å². The Morgan fingerprint density at radius 1 is 0.528 bits per heavy atom. The standard InChI is InChI=1S/C21H11N3O10.2K.2H/c25-16(26)10-4-1-7-22-13(10)19(30)33-18(29)12-6-3-9-24-15(12)21(32)34-20(31)14-11(17(27)28)5-2-8-23-14;;;;/h1-9H,(H,25,26)(H,27,28);;;;. The molecule has 0 saturated carbocycles. The van der Waals surface area contributed by atoms with Gasteiger partial charge in [-0.25, -0.2) is 43.7 Å². The van der Waals surface area contributed by atoms with Crippen LogP contribution in [0.2, 0.25) is 0 Å². The summed E-state index contributed by atoms with van der Waals surface area (Å²) in [7, 11) is 0. The fourth-order valence-electron chi connectivity index (χ4n) is 2.58. The van der Waals surface area contributed by atoms with Gasteiger partial charge in [0, 0.05) is 18.6 Å². The molecule has 3 aromatic rings. The van der Waals surface area contributed by atoms with Crippen LogP contribution in [0, 0.1) is 0 Å². The number of carbonyl (C=O) groups excluding carboxylic acids is 4. The SMILES string of the molecule is O=C(O)c1cccnc1C(=O)OC(=O)c1cccnc1C(=O)OC(=O)c1ncccc1C(=O)O.[KH].[KH]. The molecule has 0 amide bonds. The van der Waals surface area contributed by atoms with E-state index in [0.29, 0.717) is 0 Å². The first-order valence-corrected chi connectivity index (χ1v) is 9.05. The molecular formula is C21H13K2N3O10. The fraction of sp³-hybridized carbons (Fsp3) is 0. The third-order valence-electron chi connectivity index (χ3n) is 4.05. The van der Waals surface area contributed by atoms with E-state index in [4.69, 9.17) is 10.2 Å². The van der Waals surface area contributed by atoms with Crippen LogP contribution in [0.4, 0.5) is 0 Å². The molecule has 3 rings (SSSR count). The van der Waals surface area contributed by atoms with Crippen LogP contribution >= 0.6 is 0 Å². The second-order valence-electron chi connectivity index (χ2n) is 6.16. The number of carbonyl (C=O) groups is 6. The number of pyridine rings is 3. The van der Waals surface area contributed by atoms with Crippen molar-refractivity contribution in [3.05, 3.63) is 88.8 Å². The van der Waals surface area contributed by atoms with Crippen molar-refractivity contribution in [1.29, 1.82) is 0 Å². The molecule has 3 heterocycles. The molecule has 0 bridgehead atoms. The van der Waals surface area contributed by atoms with Gasteiger partial charge in [0.1, 0.15) is 0 Å². The van der Waals surface area contributed by atoms with Crippen molar-refractivity contribution in [2.75, 3.05) is 0 Å². The van der Waals surface area contributed by atoms with Crippen molar-refractivity contribution < 1.29 is 48.5 Å². The van der Waals surface area contributed by atoms with Gasteiger partial charge in [-0.2, -0.15) is 0 Å². The van der Waals surface area contributed by atoms with Gasteiger partial charge in [0.15, 0.2) is 17.1 Å². The molecule has 0 aliphatic carbocycles. The van der Waals surface area contributed by atoms with Crippen molar-refractivity contribution in [2.45, 2.75) is 0 Å². The molecule has 13 nitrogen and oxygen atoms in total. The van der Waals surface area contributed by atoms with Gasteiger partial charge >= 0.3 is 139 Å². The van der Waals surface area contributed by atoms with Gasteiger partial charge in [-0.1, -0.05) is 0 Å². The number of aromatic nitrogens is 3. The summed E-state index contributed by atoms with van der Waals surface area (Å²) in [4.78, 5) is 82.8. The van der Waals surface area contributed by atoms with Gasteiger partial charge in [-0.15, -0.1) is 0 Å². The summed E-state index contributed by atoms with van der Waals surface area (Å²) in [5.41, 5.74) is -3.72. The predicted octanol–water partition coefficient (Wildman–Crippen LogP) is -0.0346. The zero-order valence-electron chi connectivity index (χ0n) is 16.7. The third kappa shape index (κ3) is 7.72. The number of aromatic carboxylic acids is 2. The van der Waals surface area contributed by atoms with Crippen LogP contribution in [0.1, 0.15) is 62.5 Å². The summed E-state index contributed by atoms with van der Waals surface area (Å²) < 4.78 is 9.21. The first kappa shape index (κ1) is 32.0. The number of rotatable bonds is 6. The van der Waals surface area contributed by atoms with Crippen LogP contribution in [0.15, 0.2) is 55.0 Å². The van der Waals surface area contributed by atoms with Crippen LogP contribution < -0.4 is 0 Å². The molecule has 0 fully saturated rings. The van der Waals surface area contributed by atoms with Crippen LogP contribution in [0.5, 0.6) is 0 Å². The molecule has 3 aromatic heterocycles. The zero-order chi connectivity index (χ0) is 24.8. The number of hydrogen-bond acceptors (Lipinski definition) is 11. The average Bonchev–Trinajstić information content (AvgIpc) is 2.83. The second-order valence-corrected chi connectivity index (χ2v) is 6.16. The summed E-state index contributed by atoms with van der Waals surface area (Å²) in [5, 5.41) is 18.3. The van der Waals surface area contributed by atoms with Crippen LogP contribution in [0.25, 0.3) is 0 Å². The number of carboxylic acid groups (broad SMARTS) is 2. The topological polar surface area (TPSA) is 200 Å². The average molecular weight is 546 g/mol. The normalized spacial score (nSPS) is 9.56. The molecule has 0 aliphatic rings. The minimum absolute atomic E-state index is 0. The Morgan fingerprint density at radius 2 is 0.833 bits per heavy atom. The Hall–Kier alpha value is -2.06. The Labute approximate surface area is 286 Å². The number of carboxylic acids is 2. The van der Waals surface area contributed by atoms with E-state index in [-0.39, 0.29) is 103 Å². The van der Waals surface area contributed by atoms with E-state index in [1.54, 1.807) is 0 Å². The summed E-state index contributed by atoms with van der Waals surface area (Å²) in [6.07, 6.45) is 3.28. The molecule has 15 heteroatoms. The van der Waals surface area contributed by atoms with Gasteiger partial charge < -0.3 is 19.7 Å². The van der Waals surface area contributed by atoms with Crippen LogP contribution in [-0.4, -0.2) is 164 Å². The first-order chi connectivity index (χ1) is 16.2. The minimum atomic E-state index is -1.50. The van der Waals surface area contributed by atoms with E-state index in [9.17, 15) is 28.8 Å². The Balaban J connectivity index is 0.00000324. The molecule has 0 unspecified atom stereocenters. The van der Waals surface area contributed by atoms with Crippen molar-refractivity contribution in [3.63, 3.8) is 0 Å². The van der Waals surface area contributed by atoms with Gasteiger partial charge in [-0.3, -0.25) is 0 Å². The van der Waals surface area contributed by atoms with E-state index in [0.717, 1.165) is 36.8 Å².